The number of halogens is 3. The molecule has 0 saturated heterocycles. The van der Waals surface area contributed by atoms with E-state index < -0.39 is 24.1 Å². The SMILES string of the molecule is CCC(CCC(F)(F)F)c1c(O)ccoc1=O. The highest BCUT2D eigenvalue weighted by Gasteiger charge is 2.30. The average Bonchev–Trinajstić information content (AvgIpc) is 2.21. The Labute approximate surface area is 95.9 Å². The first-order chi connectivity index (χ1) is 7.85. The largest absolute Gasteiger partial charge is 0.507 e. The topological polar surface area (TPSA) is 50.4 Å². The summed E-state index contributed by atoms with van der Waals surface area (Å²) in [6.45, 7) is 1.66. The lowest BCUT2D eigenvalue weighted by atomic mass is 9.92. The number of rotatable bonds is 4. The van der Waals surface area contributed by atoms with Crippen molar-refractivity contribution in [3.63, 3.8) is 0 Å². The smallest absolute Gasteiger partial charge is 0.389 e. The molecule has 1 unspecified atom stereocenters. The van der Waals surface area contributed by atoms with Gasteiger partial charge in [-0.25, -0.2) is 4.79 Å². The summed E-state index contributed by atoms with van der Waals surface area (Å²) in [5.41, 5.74) is -0.849. The maximum atomic E-state index is 12.1. The molecular weight excluding hydrogens is 237 g/mol. The number of hydrogen-bond donors (Lipinski definition) is 1. The summed E-state index contributed by atoms with van der Waals surface area (Å²) in [4.78, 5) is 11.4. The highest BCUT2D eigenvalue weighted by molar-refractivity contribution is 5.30. The third kappa shape index (κ3) is 3.80. The van der Waals surface area contributed by atoms with Crippen molar-refractivity contribution in [3.8, 4) is 5.75 Å². The Morgan fingerprint density at radius 2 is 2.12 bits per heavy atom. The Kier molecular flexibility index (Phi) is 4.20. The molecule has 1 aromatic heterocycles. The summed E-state index contributed by atoms with van der Waals surface area (Å²) in [7, 11) is 0. The first-order valence-corrected chi connectivity index (χ1v) is 5.22. The van der Waals surface area contributed by atoms with Crippen LogP contribution in [0.5, 0.6) is 5.75 Å². The van der Waals surface area contributed by atoms with Gasteiger partial charge in [0.05, 0.1) is 11.8 Å². The van der Waals surface area contributed by atoms with E-state index in [0.717, 1.165) is 12.3 Å². The quantitative estimate of drug-likeness (QED) is 0.892. The standard InChI is InChI=1S/C11H13F3O3/c1-2-7(3-5-11(12,13)14)9-8(15)4-6-17-10(9)16/h4,6-7,15H,2-3,5H2,1H3. The first kappa shape index (κ1) is 13.6. The van der Waals surface area contributed by atoms with Gasteiger partial charge in [-0.05, 0) is 18.8 Å². The van der Waals surface area contributed by atoms with E-state index >= 15 is 0 Å². The molecule has 96 valence electrons. The summed E-state index contributed by atoms with van der Waals surface area (Å²) in [5, 5.41) is 9.48. The van der Waals surface area contributed by atoms with E-state index in [1.807, 2.05) is 0 Å². The van der Waals surface area contributed by atoms with Gasteiger partial charge in [-0.15, -0.1) is 0 Å². The third-order valence-corrected chi connectivity index (χ3v) is 2.57. The fourth-order valence-corrected chi connectivity index (χ4v) is 1.68. The number of aromatic hydroxyl groups is 1. The first-order valence-electron chi connectivity index (χ1n) is 5.22. The van der Waals surface area contributed by atoms with Crippen LogP contribution in [-0.4, -0.2) is 11.3 Å². The lowest BCUT2D eigenvalue weighted by Crippen LogP contribution is -2.15. The van der Waals surface area contributed by atoms with Crippen molar-refractivity contribution in [1.29, 1.82) is 0 Å². The van der Waals surface area contributed by atoms with Crippen molar-refractivity contribution in [3.05, 3.63) is 28.3 Å². The molecule has 1 aromatic rings. The van der Waals surface area contributed by atoms with Crippen LogP contribution in [0, 0.1) is 0 Å². The van der Waals surface area contributed by atoms with Crippen molar-refractivity contribution >= 4 is 0 Å². The van der Waals surface area contributed by atoms with Crippen molar-refractivity contribution in [2.45, 2.75) is 38.3 Å². The van der Waals surface area contributed by atoms with Gasteiger partial charge in [-0.3, -0.25) is 0 Å². The maximum absolute atomic E-state index is 12.1. The van der Waals surface area contributed by atoms with E-state index in [0.29, 0.717) is 6.42 Å². The minimum Gasteiger partial charge on any atom is -0.507 e. The van der Waals surface area contributed by atoms with E-state index in [2.05, 4.69) is 4.42 Å². The summed E-state index contributed by atoms with van der Waals surface area (Å²) >= 11 is 0. The Balaban J connectivity index is 2.91. The van der Waals surface area contributed by atoms with Crippen molar-refractivity contribution < 1.29 is 22.7 Å². The van der Waals surface area contributed by atoms with E-state index in [1.165, 1.54) is 0 Å². The molecule has 0 radical (unpaired) electrons. The lowest BCUT2D eigenvalue weighted by molar-refractivity contribution is -0.136. The number of alkyl halides is 3. The summed E-state index contributed by atoms with van der Waals surface area (Å²) in [6.07, 6.45) is -4.14. The molecule has 0 aliphatic rings. The van der Waals surface area contributed by atoms with E-state index in [9.17, 15) is 23.1 Å². The van der Waals surface area contributed by atoms with Crippen LogP contribution < -0.4 is 5.63 Å². The zero-order valence-corrected chi connectivity index (χ0v) is 9.25. The molecule has 1 heterocycles. The summed E-state index contributed by atoms with van der Waals surface area (Å²) < 4.78 is 40.9. The molecule has 1 N–H and O–H groups in total. The third-order valence-electron chi connectivity index (χ3n) is 2.57. The van der Waals surface area contributed by atoms with Gasteiger partial charge >= 0.3 is 11.8 Å². The van der Waals surface area contributed by atoms with Crippen LogP contribution in [-0.2, 0) is 0 Å². The van der Waals surface area contributed by atoms with Crippen molar-refractivity contribution in [2.24, 2.45) is 0 Å². The molecule has 1 atom stereocenters. The highest BCUT2D eigenvalue weighted by Crippen LogP contribution is 2.32. The molecular formula is C11H13F3O3. The minimum atomic E-state index is -4.27. The van der Waals surface area contributed by atoms with Gasteiger partial charge in [-0.2, -0.15) is 13.2 Å². The van der Waals surface area contributed by atoms with E-state index in [4.69, 9.17) is 0 Å². The van der Waals surface area contributed by atoms with Gasteiger partial charge in [-0.1, -0.05) is 6.92 Å². The van der Waals surface area contributed by atoms with Gasteiger partial charge in [0, 0.05) is 12.5 Å². The normalized spacial score (nSPS) is 13.6. The minimum absolute atomic E-state index is 0.0701. The Bertz CT molecular complexity index is 423. The molecule has 0 aliphatic carbocycles. The molecule has 0 spiro atoms. The van der Waals surface area contributed by atoms with Crippen LogP contribution in [0.2, 0.25) is 0 Å². The molecule has 0 aliphatic heterocycles. The van der Waals surface area contributed by atoms with Crippen molar-refractivity contribution in [1.82, 2.24) is 0 Å². The average molecular weight is 250 g/mol. The molecule has 17 heavy (non-hydrogen) atoms. The van der Waals surface area contributed by atoms with Gasteiger partial charge in [0.15, 0.2) is 0 Å². The fourth-order valence-electron chi connectivity index (χ4n) is 1.68. The Morgan fingerprint density at radius 1 is 1.47 bits per heavy atom. The molecule has 0 amide bonds. The second kappa shape index (κ2) is 5.25. The molecule has 0 fully saturated rings. The molecule has 1 rings (SSSR count). The number of hydrogen-bond acceptors (Lipinski definition) is 3. The van der Waals surface area contributed by atoms with Crippen LogP contribution in [0.25, 0.3) is 0 Å². The van der Waals surface area contributed by atoms with Gasteiger partial charge in [0.2, 0.25) is 0 Å². The second-order valence-electron chi connectivity index (χ2n) is 3.77. The molecule has 0 bridgehead atoms. The van der Waals surface area contributed by atoms with Crippen molar-refractivity contribution in [2.75, 3.05) is 0 Å². The molecule has 0 saturated carbocycles. The van der Waals surface area contributed by atoms with Gasteiger partial charge in [0.1, 0.15) is 5.75 Å². The second-order valence-corrected chi connectivity index (χ2v) is 3.77. The zero-order valence-electron chi connectivity index (χ0n) is 9.25. The highest BCUT2D eigenvalue weighted by atomic mass is 19.4. The summed E-state index contributed by atoms with van der Waals surface area (Å²) in [5.74, 6) is -0.954. The van der Waals surface area contributed by atoms with E-state index in [-0.39, 0.29) is 17.7 Å². The lowest BCUT2D eigenvalue weighted by Gasteiger charge is -2.15. The monoisotopic (exact) mass is 250 g/mol. The van der Waals surface area contributed by atoms with Gasteiger partial charge < -0.3 is 9.52 Å². The molecule has 6 heteroatoms. The van der Waals surface area contributed by atoms with Crippen LogP contribution >= 0.6 is 0 Å². The fraction of sp³-hybridized carbons (Fsp3) is 0.545. The predicted molar refractivity (Wildman–Crippen MR) is 55.0 cm³/mol. The van der Waals surface area contributed by atoms with Gasteiger partial charge in [0.25, 0.3) is 0 Å². The zero-order chi connectivity index (χ0) is 13.1. The summed E-state index contributed by atoms with van der Waals surface area (Å²) in [6, 6.07) is 1.16. The van der Waals surface area contributed by atoms with E-state index in [1.54, 1.807) is 6.92 Å². The van der Waals surface area contributed by atoms with Crippen LogP contribution in [0.1, 0.15) is 37.7 Å². The maximum Gasteiger partial charge on any atom is 0.389 e. The Hall–Kier alpha value is -1.46. The van der Waals surface area contributed by atoms with Crippen LogP contribution in [0.4, 0.5) is 13.2 Å². The molecule has 3 nitrogen and oxygen atoms in total. The predicted octanol–water partition coefficient (Wildman–Crippen LogP) is 3.18. The van der Waals surface area contributed by atoms with Crippen LogP contribution in [0.3, 0.4) is 0 Å². The van der Waals surface area contributed by atoms with Crippen LogP contribution in [0.15, 0.2) is 21.5 Å². The molecule has 0 aromatic carbocycles. The Morgan fingerprint density at radius 3 is 2.59 bits per heavy atom.